The lowest BCUT2D eigenvalue weighted by atomic mass is 9.99. The van der Waals surface area contributed by atoms with Gasteiger partial charge in [0.25, 0.3) is 0 Å². The van der Waals surface area contributed by atoms with E-state index in [2.05, 4.69) is 36.1 Å². The van der Waals surface area contributed by atoms with Gasteiger partial charge in [0.2, 0.25) is 11.8 Å². The molecule has 3 heterocycles. The third kappa shape index (κ3) is 6.63. The Balaban J connectivity index is 1.41. The number of aromatic amines is 1. The molecule has 5 rings (SSSR count). The molecule has 2 aromatic carbocycles. The van der Waals surface area contributed by atoms with Crippen molar-refractivity contribution in [3.8, 4) is 16.9 Å². The van der Waals surface area contributed by atoms with Crippen LogP contribution in [0.5, 0.6) is 0 Å². The first-order valence-electron chi connectivity index (χ1n) is 13.1. The second kappa shape index (κ2) is 12.6. The van der Waals surface area contributed by atoms with Crippen LogP contribution in [-0.4, -0.2) is 73.7 Å². The molecule has 3 amide bonds. The molecule has 3 N–H and O–H groups in total. The Morgan fingerprint density at radius 2 is 2.07 bits per heavy atom. The van der Waals surface area contributed by atoms with E-state index in [0.29, 0.717) is 47.2 Å². The van der Waals surface area contributed by atoms with E-state index in [-0.39, 0.29) is 12.3 Å². The predicted molar refractivity (Wildman–Crippen MR) is 155 cm³/mol. The van der Waals surface area contributed by atoms with E-state index >= 15 is 0 Å². The first-order chi connectivity index (χ1) is 20.3. The Bertz CT molecular complexity index is 1630. The quantitative estimate of drug-likeness (QED) is 0.298. The van der Waals surface area contributed by atoms with Gasteiger partial charge in [-0.3, -0.25) is 14.9 Å². The SMILES string of the molecule is COC(=O)Nc1ccc2c(c1)CCCN(C)C(=O)C[C@H](NC(=O)C=Cc1cc(Cl)ccc1-n1cnnn1)c1ncc-2[nH]1. The maximum Gasteiger partial charge on any atom is 0.411 e. The first kappa shape index (κ1) is 28.5. The highest BCUT2D eigenvalue weighted by molar-refractivity contribution is 6.30. The molecule has 0 aliphatic carbocycles. The van der Waals surface area contributed by atoms with Crippen LogP contribution in [0.4, 0.5) is 10.5 Å². The number of ether oxygens (including phenoxy) is 1. The van der Waals surface area contributed by atoms with Crippen molar-refractivity contribution in [1.29, 1.82) is 0 Å². The lowest BCUT2D eigenvalue weighted by molar-refractivity contribution is -0.130. The molecule has 2 aromatic heterocycles. The van der Waals surface area contributed by atoms with Gasteiger partial charge in [0.1, 0.15) is 12.2 Å². The number of carbonyl (C=O) groups excluding carboxylic acids is 3. The summed E-state index contributed by atoms with van der Waals surface area (Å²) in [6, 6.07) is 9.97. The maximum absolute atomic E-state index is 13.1. The molecular weight excluding hydrogens is 562 g/mol. The van der Waals surface area contributed by atoms with Gasteiger partial charge in [-0.25, -0.2) is 9.78 Å². The number of amides is 3. The number of aryl methyl sites for hydroxylation is 1. The summed E-state index contributed by atoms with van der Waals surface area (Å²) in [5.41, 5.74) is 4.44. The van der Waals surface area contributed by atoms with Crippen molar-refractivity contribution in [3.05, 3.63) is 77.0 Å². The van der Waals surface area contributed by atoms with Gasteiger partial charge in [0, 0.05) is 41.5 Å². The van der Waals surface area contributed by atoms with E-state index in [9.17, 15) is 14.4 Å². The number of hydrogen-bond donors (Lipinski definition) is 3. The summed E-state index contributed by atoms with van der Waals surface area (Å²) in [7, 11) is 3.04. The van der Waals surface area contributed by atoms with E-state index in [1.807, 2.05) is 12.1 Å². The molecular formula is C28H28ClN9O4. The number of halogens is 1. The molecule has 0 saturated carbocycles. The first-order valence-corrected chi connectivity index (χ1v) is 13.5. The Kier molecular flexibility index (Phi) is 8.58. The van der Waals surface area contributed by atoms with Gasteiger partial charge in [-0.1, -0.05) is 17.7 Å². The fraction of sp³-hybridized carbons (Fsp3) is 0.250. The average molecular weight is 590 g/mol. The van der Waals surface area contributed by atoms with Crippen molar-refractivity contribution >= 4 is 41.3 Å². The molecule has 14 heteroatoms. The van der Waals surface area contributed by atoms with Crippen LogP contribution in [0.3, 0.4) is 0 Å². The van der Waals surface area contributed by atoms with E-state index in [1.54, 1.807) is 48.5 Å². The second-order valence-corrected chi connectivity index (χ2v) is 10.1. The second-order valence-electron chi connectivity index (χ2n) is 9.65. The largest absolute Gasteiger partial charge is 0.453 e. The molecule has 1 aliphatic heterocycles. The van der Waals surface area contributed by atoms with Crippen molar-refractivity contribution in [3.63, 3.8) is 0 Å². The van der Waals surface area contributed by atoms with Gasteiger partial charge in [-0.15, -0.1) is 5.10 Å². The number of imidazole rings is 1. The average Bonchev–Trinajstić information content (AvgIpc) is 3.68. The zero-order valence-corrected chi connectivity index (χ0v) is 23.6. The normalized spacial score (nSPS) is 15.5. The number of carbonyl (C=O) groups is 3. The lowest BCUT2D eigenvalue weighted by Gasteiger charge is -2.22. The van der Waals surface area contributed by atoms with E-state index in [0.717, 1.165) is 16.8 Å². The number of methoxy groups -OCH3 is 1. The summed E-state index contributed by atoms with van der Waals surface area (Å²) in [5, 5.41) is 17.3. The summed E-state index contributed by atoms with van der Waals surface area (Å²) in [5.74, 6) is -0.129. The highest BCUT2D eigenvalue weighted by atomic mass is 35.5. The number of H-pyrrole nitrogens is 1. The molecule has 1 aliphatic rings. The van der Waals surface area contributed by atoms with Gasteiger partial charge >= 0.3 is 6.09 Å². The molecule has 13 nitrogen and oxygen atoms in total. The predicted octanol–water partition coefficient (Wildman–Crippen LogP) is 3.55. The standard InChI is InChI=1S/C28H28ClN9O4/c1-37-11-3-4-17-13-20(32-28(41)42-2)7-8-21(17)23-15-30-27(34-23)22(14-26(37)40)33-25(39)10-5-18-12-19(29)6-9-24(18)38-16-31-35-36-38/h5-10,12-13,15-16,22H,3-4,11,14H2,1-2H3,(H,30,34)(H,32,41)(H,33,39)/t22-/m0/s1. The lowest BCUT2D eigenvalue weighted by Crippen LogP contribution is -2.35. The molecule has 0 spiro atoms. The third-order valence-electron chi connectivity index (χ3n) is 6.81. The molecule has 216 valence electrons. The Morgan fingerprint density at radius 1 is 1.21 bits per heavy atom. The van der Waals surface area contributed by atoms with Gasteiger partial charge in [-0.2, -0.15) is 4.68 Å². The third-order valence-corrected chi connectivity index (χ3v) is 7.05. The van der Waals surface area contributed by atoms with Crippen molar-refractivity contribution in [2.24, 2.45) is 0 Å². The maximum atomic E-state index is 13.1. The highest BCUT2D eigenvalue weighted by Crippen LogP contribution is 2.29. The summed E-state index contributed by atoms with van der Waals surface area (Å²) >= 11 is 6.19. The zero-order chi connectivity index (χ0) is 29.6. The number of aromatic nitrogens is 6. The van der Waals surface area contributed by atoms with Gasteiger partial charge in [0.05, 0.1) is 37.2 Å². The van der Waals surface area contributed by atoms with Crippen LogP contribution in [0.2, 0.25) is 5.02 Å². The molecule has 1 atom stereocenters. The monoisotopic (exact) mass is 589 g/mol. The van der Waals surface area contributed by atoms with Crippen LogP contribution < -0.4 is 10.6 Å². The summed E-state index contributed by atoms with van der Waals surface area (Å²) in [6.07, 6.45) is 6.89. The van der Waals surface area contributed by atoms with Crippen LogP contribution in [0.25, 0.3) is 23.0 Å². The van der Waals surface area contributed by atoms with E-state index in [4.69, 9.17) is 16.3 Å². The van der Waals surface area contributed by atoms with Crippen LogP contribution >= 0.6 is 11.6 Å². The summed E-state index contributed by atoms with van der Waals surface area (Å²) in [6.45, 7) is 0.515. The minimum absolute atomic E-state index is 0.0188. The Hall–Kier alpha value is -5.04. The number of fused-ring (bicyclic) bond motifs is 4. The minimum Gasteiger partial charge on any atom is -0.453 e. The topological polar surface area (TPSA) is 160 Å². The molecule has 0 radical (unpaired) electrons. The fourth-order valence-corrected chi connectivity index (χ4v) is 4.84. The Labute approximate surface area is 245 Å². The molecule has 42 heavy (non-hydrogen) atoms. The molecule has 0 fully saturated rings. The molecule has 4 aromatic rings. The zero-order valence-electron chi connectivity index (χ0n) is 22.9. The summed E-state index contributed by atoms with van der Waals surface area (Å²) in [4.78, 5) is 47.4. The van der Waals surface area contributed by atoms with Crippen molar-refractivity contribution in [2.45, 2.75) is 25.3 Å². The summed E-state index contributed by atoms with van der Waals surface area (Å²) < 4.78 is 6.17. The number of hydrogen-bond acceptors (Lipinski definition) is 8. The fourth-order valence-electron chi connectivity index (χ4n) is 4.66. The molecule has 2 bridgehead atoms. The van der Waals surface area contributed by atoms with Crippen molar-refractivity contribution in [2.75, 3.05) is 26.0 Å². The van der Waals surface area contributed by atoms with Gasteiger partial charge < -0.3 is 19.9 Å². The van der Waals surface area contributed by atoms with Crippen LogP contribution in [0.1, 0.15) is 35.8 Å². The molecule has 0 unspecified atom stereocenters. The number of benzene rings is 2. The van der Waals surface area contributed by atoms with Crippen molar-refractivity contribution in [1.82, 2.24) is 40.4 Å². The number of nitrogens with zero attached hydrogens (tertiary/aromatic N) is 6. The van der Waals surface area contributed by atoms with E-state index in [1.165, 1.54) is 24.2 Å². The van der Waals surface area contributed by atoms with Gasteiger partial charge in [-0.05, 0) is 65.2 Å². The number of rotatable bonds is 5. The highest BCUT2D eigenvalue weighted by Gasteiger charge is 2.24. The number of nitrogens with one attached hydrogen (secondary N) is 3. The van der Waals surface area contributed by atoms with Crippen molar-refractivity contribution < 1.29 is 19.1 Å². The smallest absolute Gasteiger partial charge is 0.411 e. The Morgan fingerprint density at radius 3 is 2.86 bits per heavy atom. The molecule has 0 saturated heterocycles. The minimum atomic E-state index is -0.715. The van der Waals surface area contributed by atoms with E-state index < -0.39 is 18.0 Å². The number of tetrazole rings is 1. The van der Waals surface area contributed by atoms with Crippen LogP contribution in [-0.2, 0) is 20.7 Å². The number of anilines is 1. The van der Waals surface area contributed by atoms with Gasteiger partial charge in [0.15, 0.2) is 0 Å². The van der Waals surface area contributed by atoms with Crippen LogP contribution in [0, 0.1) is 0 Å². The van der Waals surface area contributed by atoms with Crippen LogP contribution in [0.15, 0.2) is 55.0 Å².